The monoisotopic (exact) mass is 288 g/mol. The van der Waals surface area contributed by atoms with Crippen LogP contribution in [0, 0.1) is 17.3 Å². The molecule has 0 spiro atoms. The van der Waals surface area contributed by atoms with Gasteiger partial charge in [0.1, 0.15) is 5.54 Å². The fourth-order valence-corrected chi connectivity index (χ4v) is 4.68. The van der Waals surface area contributed by atoms with Crippen LogP contribution in [0.2, 0.25) is 0 Å². The first-order valence-electron chi connectivity index (χ1n) is 7.65. The maximum atomic E-state index is 12.3. The van der Waals surface area contributed by atoms with E-state index in [0.717, 1.165) is 5.56 Å². The fourth-order valence-electron chi connectivity index (χ4n) is 4.68. The molecule has 0 saturated heterocycles. The molecule has 4 nitrogen and oxygen atoms in total. The van der Waals surface area contributed by atoms with Gasteiger partial charge in [-0.2, -0.15) is 0 Å². The smallest absolute Gasteiger partial charge is 0.238 e. The molecule has 0 unspecified atom stereocenters. The second-order valence-electron chi connectivity index (χ2n) is 6.91. The number of hydrogen-bond donors (Lipinski definition) is 3. The van der Waals surface area contributed by atoms with E-state index in [2.05, 4.69) is 19.2 Å². The average Bonchev–Trinajstić information content (AvgIpc) is 2.92. The minimum atomic E-state index is -0.828. The predicted molar refractivity (Wildman–Crippen MR) is 81.3 cm³/mol. The lowest BCUT2D eigenvalue weighted by Crippen LogP contribution is -2.61. The van der Waals surface area contributed by atoms with E-state index in [9.17, 15) is 9.90 Å². The van der Waals surface area contributed by atoms with Crippen molar-refractivity contribution >= 4 is 5.91 Å². The van der Waals surface area contributed by atoms with Crippen molar-refractivity contribution in [3.8, 4) is 0 Å². The van der Waals surface area contributed by atoms with Crippen molar-refractivity contribution in [2.75, 3.05) is 0 Å². The van der Waals surface area contributed by atoms with Crippen LogP contribution in [0.1, 0.15) is 38.8 Å². The van der Waals surface area contributed by atoms with Gasteiger partial charge in [0, 0.05) is 17.9 Å². The van der Waals surface area contributed by atoms with Gasteiger partial charge in [0.2, 0.25) is 5.91 Å². The van der Waals surface area contributed by atoms with Gasteiger partial charge in [-0.3, -0.25) is 10.1 Å². The molecular formula is C17H24N2O2. The molecule has 4 N–H and O–H groups in total. The summed E-state index contributed by atoms with van der Waals surface area (Å²) in [4.78, 5) is 12.3. The van der Waals surface area contributed by atoms with Gasteiger partial charge >= 0.3 is 0 Å². The summed E-state index contributed by atoms with van der Waals surface area (Å²) in [6.45, 7) is 6.21. The number of nitrogens with two attached hydrogens (primary N) is 1. The quantitative estimate of drug-likeness (QED) is 0.787. The predicted octanol–water partition coefficient (Wildman–Crippen LogP) is 1.60. The summed E-state index contributed by atoms with van der Waals surface area (Å²) < 4.78 is 0. The molecule has 2 aliphatic carbocycles. The summed E-state index contributed by atoms with van der Waals surface area (Å²) in [7, 11) is 0. The van der Waals surface area contributed by atoms with Gasteiger partial charge in [0.15, 0.2) is 0 Å². The lowest BCUT2D eigenvalue weighted by Gasteiger charge is -2.38. The number of carbonyl (C=O) groups excluding carboxylic acids is 1. The first-order valence-corrected chi connectivity index (χ1v) is 7.65. The lowest BCUT2D eigenvalue weighted by atomic mass is 9.78. The van der Waals surface area contributed by atoms with Crippen LogP contribution in [0.5, 0.6) is 0 Å². The van der Waals surface area contributed by atoms with E-state index in [1.807, 2.05) is 37.3 Å². The SMILES string of the molecule is C[C@@H](N[C@@]1(C(N)=O)C[C@H](O)[C@H]2[C@H](C)[C@]21C)c1ccccc1. The van der Waals surface area contributed by atoms with Gasteiger partial charge in [-0.1, -0.05) is 44.2 Å². The number of hydrogen-bond acceptors (Lipinski definition) is 3. The Labute approximate surface area is 125 Å². The van der Waals surface area contributed by atoms with Crippen LogP contribution in [0.15, 0.2) is 30.3 Å². The second kappa shape index (κ2) is 4.55. The Morgan fingerprint density at radius 1 is 1.43 bits per heavy atom. The molecule has 21 heavy (non-hydrogen) atoms. The second-order valence-corrected chi connectivity index (χ2v) is 6.91. The van der Waals surface area contributed by atoms with Crippen LogP contribution < -0.4 is 11.1 Å². The Balaban J connectivity index is 1.92. The van der Waals surface area contributed by atoms with E-state index in [4.69, 9.17) is 5.73 Å². The van der Waals surface area contributed by atoms with Crippen LogP contribution in [0.4, 0.5) is 0 Å². The van der Waals surface area contributed by atoms with Gasteiger partial charge in [-0.05, 0) is 24.3 Å². The highest BCUT2D eigenvalue weighted by molar-refractivity contribution is 5.87. The topological polar surface area (TPSA) is 75.3 Å². The Morgan fingerprint density at radius 2 is 2.05 bits per heavy atom. The third-order valence-corrected chi connectivity index (χ3v) is 6.10. The van der Waals surface area contributed by atoms with Crippen LogP contribution in [-0.2, 0) is 4.79 Å². The van der Waals surface area contributed by atoms with Gasteiger partial charge in [-0.25, -0.2) is 0 Å². The minimum absolute atomic E-state index is 0.00859. The molecule has 3 rings (SSSR count). The molecule has 0 radical (unpaired) electrons. The lowest BCUT2D eigenvalue weighted by molar-refractivity contribution is -0.128. The number of benzene rings is 1. The number of amides is 1. The highest BCUT2D eigenvalue weighted by Crippen LogP contribution is 2.72. The van der Waals surface area contributed by atoms with Crippen molar-refractivity contribution in [1.82, 2.24) is 5.32 Å². The van der Waals surface area contributed by atoms with Crippen molar-refractivity contribution in [3.63, 3.8) is 0 Å². The summed E-state index contributed by atoms with van der Waals surface area (Å²) >= 11 is 0. The van der Waals surface area contributed by atoms with Crippen LogP contribution in [-0.4, -0.2) is 22.7 Å². The summed E-state index contributed by atoms with van der Waals surface area (Å²) in [5.41, 5.74) is 5.82. The molecule has 0 aromatic heterocycles. The van der Waals surface area contributed by atoms with Crippen molar-refractivity contribution in [2.24, 2.45) is 23.0 Å². The average molecular weight is 288 g/mol. The molecule has 114 valence electrons. The van der Waals surface area contributed by atoms with Crippen LogP contribution in [0.3, 0.4) is 0 Å². The molecule has 0 bridgehead atoms. The number of aliphatic hydroxyl groups excluding tert-OH is 1. The summed E-state index contributed by atoms with van der Waals surface area (Å²) in [6.07, 6.45) is -0.0432. The fraction of sp³-hybridized carbons (Fsp3) is 0.588. The zero-order chi connectivity index (χ0) is 15.4. The van der Waals surface area contributed by atoms with E-state index in [1.165, 1.54) is 0 Å². The highest BCUT2D eigenvalue weighted by Gasteiger charge is 2.78. The van der Waals surface area contributed by atoms with Crippen molar-refractivity contribution in [1.29, 1.82) is 0 Å². The standard InChI is InChI=1S/C17H24N2O2/c1-10-14-13(20)9-17(15(18)21,16(10,14)3)19-11(2)12-7-5-4-6-8-12/h4-8,10-11,13-14,19-20H,9H2,1-3H3,(H2,18,21)/t10-,11+,13-,14+,16+,17+/m0/s1. The Bertz CT molecular complexity index is 557. The van der Waals surface area contributed by atoms with Gasteiger partial charge < -0.3 is 10.8 Å². The van der Waals surface area contributed by atoms with Crippen molar-refractivity contribution in [2.45, 2.75) is 44.9 Å². The maximum absolute atomic E-state index is 12.3. The van der Waals surface area contributed by atoms with Crippen LogP contribution in [0.25, 0.3) is 0 Å². The summed E-state index contributed by atoms with van der Waals surface area (Å²) in [6, 6.07) is 10.0. The number of rotatable bonds is 4. The molecule has 6 atom stereocenters. The molecule has 2 aliphatic rings. The normalized spacial score (nSPS) is 42.4. The first-order chi connectivity index (χ1) is 9.84. The summed E-state index contributed by atoms with van der Waals surface area (Å²) in [5, 5.41) is 13.8. The van der Waals surface area contributed by atoms with Crippen LogP contribution >= 0.6 is 0 Å². The molecule has 0 aliphatic heterocycles. The molecule has 0 heterocycles. The molecule has 1 aromatic carbocycles. The van der Waals surface area contributed by atoms with Gasteiger partial charge in [0.05, 0.1) is 6.10 Å². The summed E-state index contributed by atoms with van der Waals surface area (Å²) in [5.74, 6) is 0.128. The van der Waals surface area contributed by atoms with E-state index in [-0.39, 0.29) is 23.3 Å². The van der Waals surface area contributed by atoms with Gasteiger partial charge in [0.25, 0.3) is 0 Å². The maximum Gasteiger partial charge on any atom is 0.238 e. The number of aliphatic hydroxyl groups is 1. The van der Waals surface area contributed by atoms with E-state index in [1.54, 1.807) is 0 Å². The Hall–Kier alpha value is -1.39. The number of primary amides is 1. The zero-order valence-corrected chi connectivity index (χ0v) is 12.8. The molecular weight excluding hydrogens is 264 g/mol. The minimum Gasteiger partial charge on any atom is -0.393 e. The van der Waals surface area contributed by atoms with Crippen molar-refractivity contribution < 1.29 is 9.90 Å². The first kappa shape index (κ1) is 14.5. The van der Waals surface area contributed by atoms with E-state index < -0.39 is 11.6 Å². The molecule has 1 amide bonds. The molecule has 1 aromatic rings. The Kier molecular flexibility index (Phi) is 3.15. The van der Waals surface area contributed by atoms with Crippen molar-refractivity contribution in [3.05, 3.63) is 35.9 Å². The number of fused-ring (bicyclic) bond motifs is 1. The van der Waals surface area contributed by atoms with Gasteiger partial charge in [-0.15, -0.1) is 0 Å². The molecule has 2 saturated carbocycles. The third-order valence-electron chi connectivity index (χ3n) is 6.10. The van der Waals surface area contributed by atoms with E-state index in [0.29, 0.717) is 12.3 Å². The van der Waals surface area contributed by atoms with E-state index >= 15 is 0 Å². The number of nitrogens with one attached hydrogen (secondary N) is 1. The zero-order valence-electron chi connectivity index (χ0n) is 12.8. The highest BCUT2D eigenvalue weighted by atomic mass is 16.3. The third kappa shape index (κ3) is 1.79. The molecule has 2 fully saturated rings. The molecule has 4 heteroatoms. The Morgan fingerprint density at radius 3 is 2.52 bits per heavy atom. The largest absolute Gasteiger partial charge is 0.393 e. The number of carbonyl (C=O) groups is 1.